The predicted octanol–water partition coefficient (Wildman–Crippen LogP) is 4.74. The van der Waals surface area contributed by atoms with Crippen LogP contribution in [0.4, 0.5) is 0 Å². The van der Waals surface area contributed by atoms with E-state index in [0.29, 0.717) is 44.3 Å². The van der Waals surface area contributed by atoms with Gasteiger partial charge in [-0.05, 0) is 93.0 Å². The number of aromatic hydroxyl groups is 1. The third-order valence-electron chi connectivity index (χ3n) is 10.4. The van der Waals surface area contributed by atoms with E-state index in [1.54, 1.807) is 52.2 Å². The lowest BCUT2D eigenvalue weighted by molar-refractivity contribution is -0.159. The van der Waals surface area contributed by atoms with Gasteiger partial charge in [-0.3, -0.25) is 19.2 Å². The van der Waals surface area contributed by atoms with Crippen molar-refractivity contribution >= 4 is 23.7 Å². The number of phenolic OH excluding ortho intramolecular Hbond substituents is 1. The number of aromatic nitrogens is 1. The number of rotatable bonds is 9. The van der Waals surface area contributed by atoms with Gasteiger partial charge in [-0.1, -0.05) is 66.7 Å². The maximum Gasteiger partial charge on any atom is 0.329 e. The summed E-state index contributed by atoms with van der Waals surface area (Å²) in [5.41, 5.74) is 0.664. The molecular weight excluding hydrogens is 684 g/mol. The lowest BCUT2D eigenvalue weighted by Crippen LogP contribution is -2.55. The second-order valence-electron chi connectivity index (χ2n) is 15.3. The number of pyridine rings is 1. The summed E-state index contributed by atoms with van der Waals surface area (Å²) in [6.07, 6.45) is 3.54. The number of phenols is 1. The molecule has 3 aromatic carbocycles. The van der Waals surface area contributed by atoms with Gasteiger partial charge in [-0.15, -0.1) is 0 Å². The van der Waals surface area contributed by atoms with Crippen molar-refractivity contribution in [1.82, 2.24) is 20.1 Å². The summed E-state index contributed by atoms with van der Waals surface area (Å²) in [5.74, 6) is -1.81. The topological polar surface area (TPSA) is 147 Å². The fourth-order valence-electron chi connectivity index (χ4n) is 7.70. The molecule has 11 heteroatoms. The summed E-state index contributed by atoms with van der Waals surface area (Å²) in [7, 11) is 1.60. The average Bonchev–Trinajstić information content (AvgIpc) is 3.15. The van der Waals surface area contributed by atoms with E-state index >= 15 is 0 Å². The molecule has 2 heterocycles. The van der Waals surface area contributed by atoms with E-state index in [4.69, 9.17) is 4.74 Å². The van der Waals surface area contributed by atoms with Crippen LogP contribution in [-0.4, -0.2) is 69.0 Å². The van der Waals surface area contributed by atoms with Gasteiger partial charge in [0, 0.05) is 38.8 Å². The van der Waals surface area contributed by atoms with E-state index < -0.39 is 34.9 Å². The minimum Gasteiger partial charge on any atom is -0.508 e. The van der Waals surface area contributed by atoms with Gasteiger partial charge in [0.15, 0.2) is 0 Å². The molecule has 0 bridgehead atoms. The van der Waals surface area contributed by atoms with Crippen molar-refractivity contribution in [3.63, 3.8) is 0 Å². The second-order valence-corrected chi connectivity index (χ2v) is 15.3. The summed E-state index contributed by atoms with van der Waals surface area (Å²) in [6, 6.07) is 25.5. The minimum absolute atomic E-state index is 0.0369. The van der Waals surface area contributed by atoms with E-state index in [2.05, 4.69) is 10.6 Å². The smallest absolute Gasteiger partial charge is 0.329 e. The molecule has 3 amide bonds. The van der Waals surface area contributed by atoms with Crippen LogP contribution in [0.3, 0.4) is 0 Å². The third kappa shape index (κ3) is 8.10. The Labute approximate surface area is 315 Å². The molecule has 1 aliphatic carbocycles. The zero-order valence-electron chi connectivity index (χ0n) is 31.2. The average molecular weight is 733 g/mol. The molecule has 54 heavy (non-hydrogen) atoms. The van der Waals surface area contributed by atoms with Crippen LogP contribution in [0, 0.1) is 0 Å². The normalized spacial score (nSPS) is 19.3. The summed E-state index contributed by atoms with van der Waals surface area (Å²) in [4.78, 5) is 70.1. The number of carbonyl (C=O) groups excluding carboxylic acids is 4. The molecule has 0 radical (unpaired) electrons. The molecule has 1 aromatic heterocycles. The Kier molecular flexibility index (Phi) is 11.1. The molecule has 11 nitrogen and oxygen atoms in total. The maximum atomic E-state index is 14.9. The number of hydrogen-bond acceptors (Lipinski definition) is 7. The largest absolute Gasteiger partial charge is 0.508 e. The summed E-state index contributed by atoms with van der Waals surface area (Å²) in [6.45, 7) is 6.20. The molecule has 1 aliphatic heterocycles. The highest BCUT2D eigenvalue weighted by Gasteiger charge is 2.50. The molecule has 6 rings (SSSR count). The van der Waals surface area contributed by atoms with E-state index in [9.17, 15) is 29.1 Å². The number of piperidine rings is 1. The number of benzene rings is 3. The Balaban J connectivity index is 1.25. The summed E-state index contributed by atoms with van der Waals surface area (Å²) in [5, 5.41) is 15.9. The van der Waals surface area contributed by atoms with Crippen LogP contribution >= 0.6 is 0 Å². The molecule has 282 valence electrons. The van der Waals surface area contributed by atoms with Crippen molar-refractivity contribution in [2.45, 2.75) is 81.9 Å². The van der Waals surface area contributed by atoms with Gasteiger partial charge in [0.2, 0.25) is 11.8 Å². The summed E-state index contributed by atoms with van der Waals surface area (Å²) < 4.78 is 7.14. The van der Waals surface area contributed by atoms with Crippen LogP contribution in [0.15, 0.2) is 102 Å². The quantitative estimate of drug-likeness (QED) is 0.211. The first-order chi connectivity index (χ1) is 25.8. The first kappa shape index (κ1) is 38.0. The highest BCUT2D eigenvalue weighted by atomic mass is 16.6. The highest BCUT2D eigenvalue weighted by molar-refractivity contribution is 5.97. The maximum absolute atomic E-state index is 14.9. The Morgan fingerprint density at radius 2 is 1.56 bits per heavy atom. The fraction of sp³-hybridized carbons (Fsp3) is 0.372. The molecule has 0 spiro atoms. The van der Waals surface area contributed by atoms with Crippen molar-refractivity contribution in [3.8, 4) is 5.75 Å². The van der Waals surface area contributed by atoms with Gasteiger partial charge in [-0.25, -0.2) is 4.79 Å². The molecule has 1 saturated heterocycles. The van der Waals surface area contributed by atoms with Crippen LogP contribution in [-0.2, 0) is 38.0 Å². The Morgan fingerprint density at radius 3 is 2.24 bits per heavy atom. The van der Waals surface area contributed by atoms with Gasteiger partial charge in [0.1, 0.15) is 23.0 Å². The number of amides is 3. The SMILES string of the molecule is Cn1cccc(C(=O)NC2CCN(C(=O)[C@H]3CC[C@@](C(=O)N[C@@H](Cc4ccc(O)cc4)C(=O)OC(C)(C)C)(c4ccccc4)c4ccccc43)CC2)c1=O. The van der Waals surface area contributed by atoms with Crippen molar-refractivity contribution in [2.75, 3.05) is 13.1 Å². The Morgan fingerprint density at radius 1 is 0.889 bits per heavy atom. The lowest BCUT2D eigenvalue weighted by Gasteiger charge is -2.43. The molecule has 1 fully saturated rings. The molecule has 2 aliphatic rings. The van der Waals surface area contributed by atoms with Crippen molar-refractivity contribution in [3.05, 3.63) is 135 Å². The van der Waals surface area contributed by atoms with Crippen molar-refractivity contribution < 1.29 is 29.0 Å². The number of nitrogens with zero attached hydrogens (tertiary/aromatic N) is 2. The highest BCUT2D eigenvalue weighted by Crippen LogP contribution is 2.48. The molecule has 3 atom stereocenters. The number of aryl methyl sites for hydroxylation is 1. The number of hydrogen-bond donors (Lipinski definition) is 3. The number of carbonyl (C=O) groups is 4. The van der Waals surface area contributed by atoms with E-state index in [1.165, 1.54) is 22.8 Å². The fourth-order valence-corrected chi connectivity index (χ4v) is 7.70. The van der Waals surface area contributed by atoms with Gasteiger partial charge in [-0.2, -0.15) is 0 Å². The zero-order valence-corrected chi connectivity index (χ0v) is 31.2. The standard InChI is InChI=1S/C43H48N4O7/c1-42(2,3)54-40(52)36(27-28-16-18-31(48)19-17-28)45-41(53)43(29-11-6-5-7-12-29)23-20-33(32-13-8-9-15-35(32)43)39(51)47-25-21-30(22-26-47)44-37(49)34-14-10-24-46(4)38(34)50/h5-19,24,30,33,36,48H,20-23,25-27H2,1-4H3,(H,44,49)(H,45,53)/t33-,36-,43+/m0/s1. The van der Waals surface area contributed by atoms with E-state index in [0.717, 1.165) is 16.7 Å². The van der Waals surface area contributed by atoms with Crippen LogP contribution in [0.5, 0.6) is 5.75 Å². The van der Waals surface area contributed by atoms with Gasteiger partial charge >= 0.3 is 5.97 Å². The molecule has 0 saturated carbocycles. The summed E-state index contributed by atoms with van der Waals surface area (Å²) >= 11 is 0. The molecular formula is C43H48N4O7. The van der Waals surface area contributed by atoms with E-state index in [1.807, 2.05) is 59.5 Å². The van der Waals surface area contributed by atoms with Gasteiger partial charge in [0.05, 0.1) is 11.3 Å². The van der Waals surface area contributed by atoms with E-state index in [-0.39, 0.29) is 41.1 Å². The molecule has 3 N–H and O–H groups in total. The number of esters is 1. The first-order valence-corrected chi connectivity index (χ1v) is 18.5. The van der Waals surface area contributed by atoms with Crippen LogP contribution in [0.2, 0.25) is 0 Å². The number of nitrogens with one attached hydrogen (secondary N) is 2. The number of ether oxygens (including phenoxy) is 1. The van der Waals surface area contributed by atoms with Gasteiger partial charge in [0.25, 0.3) is 11.5 Å². The second kappa shape index (κ2) is 15.7. The number of fused-ring (bicyclic) bond motifs is 1. The van der Waals surface area contributed by atoms with Crippen LogP contribution < -0.4 is 16.2 Å². The number of likely N-dealkylation sites (tertiary alicyclic amines) is 1. The lowest BCUT2D eigenvalue weighted by atomic mass is 9.62. The monoisotopic (exact) mass is 732 g/mol. The predicted molar refractivity (Wildman–Crippen MR) is 204 cm³/mol. The van der Waals surface area contributed by atoms with Gasteiger partial charge < -0.3 is 29.9 Å². The van der Waals surface area contributed by atoms with Crippen molar-refractivity contribution in [2.24, 2.45) is 7.05 Å². The zero-order chi connectivity index (χ0) is 38.6. The molecule has 4 aromatic rings. The minimum atomic E-state index is -1.21. The van der Waals surface area contributed by atoms with Crippen molar-refractivity contribution in [1.29, 1.82) is 0 Å². The van der Waals surface area contributed by atoms with Crippen LogP contribution in [0.25, 0.3) is 0 Å². The molecule has 0 unspecified atom stereocenters. The Bertz CT molecular complexity index is 2060. The Hall–Kier alpha value is -5.71. The first-order valence-electron chi connectivity index (χ1n) is 18.5. The van der Waals surface area contributed by atoms with Crippen LogP contribution in [0.1, 0.15) is 85.0 Å². The third-order valence-corrected chi connectivity index (χ3v) is 10.4.